The van der Waals surface area contributed by atoms with Crippen LogP contribution in [0.3, 0.4) is 0 Å². The highest BCUT2D eigenvalue weighted by atomic mass is 16.5. The molecule has 0 spiro atoms. The predicted molar refractivity (Wildman–Crippen MR) is 111 cm³/mol. The molecule has 7 nitrogen and oxygen atoms in total. The first-order chi connectivity index (χ1) is 13.6. The summed E-state index contributed by atoms with van der Waals surface area (Å²) < 4.78 is 17.3. The first-order valence-corrected chi connectivity index (χ1v) is 9.80. The first-order valence-electron chi connectivity index (χ1n) is 9.80. The maximum atomic E-state index is 5.92. The van der Waals surface area contributed by atoms with E-state index in [-0.39, 0.29) is 0 Å². The molecule has 1 heterocycles. The molecule has 1 aliphatic rings. The molecule has 1 fully saturated rings. The largest absolute Gasteiger partial charge is 0.493 e. The topological polar surface area (TPSA) is 77.5 Å². The van der Waals surface area contributed by atoms with E-state index in [2.05, 4.69) is 27.5 Å². The molecule has 28 heavy (non-hydrogen) atoms. The van der Waals surface area contributed by atoms with Gasteiger partial charge in [0.15, 0.2) is 11.5 Å². The smallest absolute Gasteiger partial charge is 0.229 e. The number of aryl methyl sites for hydroxylation is 1. The number of ether oxygens (including phenoxy) is 3. The number of nitrogens with zero attached hydrogens (tertiary/aromatic N) is 2. The van der Waals surface area contributed by atoms with Gasteiger partial charge >= 0.3 is 0 Å². The molecule has 2 atom stereocenters. The van der Waals surface area contributed by atoms with Gasteiger partial charge in [-0.25, -0.2) is 4.98 Å². The summed E-state index contributed by atoms with van der Waals surface area (Å²) in [6.45, 7) is 5.27. The summed E-state index contributed by atoms with van der Waals surface area (Å²) >= 11 is 0. The maximum Gasteiger partial charge on any atom is 0.229 e. The van der Waals surface area contributed by atoms with Crippen LogP contribution in [0.2, 0.25) is 0 Å². The zero-order valence-corrected chi connectivity index (χ0v) is 17.1. The lowest BCUT2D eigenvalue weighted by atomic mass is 10.1. The minimum Gasteiger partial charge on any atom is -0.493 e. The van der Waals surface area contributed by atoms with Crippen LogP contribution in [0.1, 0.15) is 31.9 Å². The summed E-state index contributed by atoms with van der Waals surface area (Å²) in [6, 6.07) is 7.55. The quantitative estimate of drug-likeness (QED) is 0.627. The van der Waals surface area contributed by atoms with Gasteiger partial charge in [-0.15, -0.1) is 0 Å². The van der Waals surface area contributed by atoms with Gasteiger partial charge in [0.1, 0.15) is 12.4 Å². The van der Waals surface area contributed by atoms with Crippen molar-refractivity contribution in [1.29, 1.82) is 0 Å². The van der Waals surface area contributed by atoms with Crippen LogP contribution >= 0.6 is 0 Å². The minimum absolute atomic E-state index is 0.369. The third-order valence-corrected chi connectivity index (χ3v) is 4.87. The molecule has 1 saturated carbocycles. The first kappa shape index (κ1) is 20.2. The fraction of sp³-hybridized carbons (Fsp3) is 0.524. The van der Waals surface area contributed by atoms with Gasteiger partial charge in [0.2, 0.25) is 5.95 Å². The second-order valence-corrected chi connectivity index (χ2v) is 7.22. The van der Waals surface area contributed by atoms with Gasteiger partial charge in [0.05, 0.1) is 19.8 Å². The molecule has 0 radical (unpaired) electrons. The molecular formula is C21H30N4O3. The third-order valence-electron chi connectivity index (χ3n) is 4.87. The summed E-state index contributed by atoms with van der Waals surface area (Å²) in [5.74, 6) is 3.40. The summed E-state index contributed by atoms with van der Waals surface area (Å²) in [5, 5.41) is 6.26. The van der Waals surface area contributed by atoms with Crippen molar-refractivity contribution in [2.45, 2.75) is 39.2 Å². The molecule has 152 valence electrons. The Hall–Kier alpha value is -2.54. The molecular weight excluding hydrogens is 356 g/mol. The summed E-state index contributed by atoms with van der Waals surface area (Å²) in [7, 11) is 3.47. The molecule has 0 aliphatic heterocycles. The van der Waals surface area contributed by atoms with E-state index in [1.807, 2.05) is 38.2 Å². The highest BCUT2D eigenvalue weighted by molar-refractivity contribution is 5.60. The van der Waals surface area contributed by atoms with Gasteiger partial charge in [-0.1, -0.05) is 6.92 Å². The van der Waals surface area contributed by atoms with Crippen molar-refractivity contribution < 1.29 is 14.2 Å². The molecule has 0 amide bonds. The summed E-state index contributed by atoms with van der Waals surface area (Å²) in [6.07, 6.45) is 3.92. The SMILES string of the molecule is CNc1cc(C)nc(Nc2ccc(OC)c(OCCOC3CCC(C)C3)c2)n1. The minimum atomic E-state index is 0.369. The molecule has 1 aliphatic carbocycles. The van der Waals surface area contributed by atoms with Crippen LogP contribution in [0.25, 0.3) is 0 Å². The van der Waals surface area contributed by atoms with E-state index in [9.17, 15) is 0 Å². The Bertz CT molecular complexity index is 784. The van der Waals surface area contributed by atoms with E-state index < -0.39 is 0 Å². The Balaban J connectivity index is 1.60. The average Bonchev–Trinajstić information content (AvgIpc) is 3.10. The van der Waals surface area contributed by atoms with Gasteiger partial charge in [0, 0.05) is 30.6 Å². The molecule has 1 aromatic carbocycles. The zero-order chi connectivity index (χ0) is 19.9. The van der Waals surface area contributed by atoms with Crippen molar-refractivity contribution in [3.05, 3.63) is 30.0 Å². The van der Waals surface area contributed by atoms with Gasteiger partial charge in [-0.2, -0.15) is 4.98 Å². The van der Waals surface area contributed by atoms with E-state index in [1.165, 1.54) is 6.42 Å². The van der Waals surface area contributed by atoms with Crippen LogP contribution in [0.5, 0.6) is 11.5 Å². The Morgan fingerprint density at radius 2 is 1.96 bits per heavy atom. The highest BCUT2D eigenvalue weighted by Crippen LogP contribution is 2.31. The van der Waals surface area contributed by atoms with Gasteiger partial charge in [-0.3, -0.25) is 0 Å². The van der Waals surface area contributed by atoms with Crippen molar-refractivity contribution in [3.8, 4) is 11.5 Å². The molecule has 2 unspecified atom stereocenters. The molecule has 3 rings (SSSR count). The van der Waals surface area contributed by atoms with E-state index >= 15 is 0 Å². The molecule has 0 saturated heterocycles. The summed E-state index contributed by atoms with van der Waals surface area (Å²) in [4.78, 5) is 8.84. The normalized spacial score (nSPS) is 18.7. The van der Waals surface area contributed by atoms with Crippen LogP contribution < -0.4 is 20.1 Å². The lowest BCUT2D eigenvalue weighted by molar-refractivity contribution is 0.0358. The van der Waals surface area contributed by atoms with Crippen molar-refractivity contribution >= 4 is 17.5 Å². The monoisotopic (exact) mass is 386 g/mol. The number of benzene rings is 1. The van der Waals surface area contributed by atoms with E-state index in [1.54, 1.807) is 7.11 Å². The number of methoxy groups -OCH3 is 1. The van der Waals surface area contributed by atoms with Crippen molar-refractivity contribution in [2.24, 2.45) is 5.92 Å². The predicted octanol–water partition coefficient (Wildman–Crippen LogP) is 4.16. The van der Waals surface area contributed by atoms with Crippen molar-refractivity contribution in [3.63, 3.8) is 0 Å². The number of rotatable bonds is 9. The fourth-order valence-electron chi connectivity index (χ4n) is 3.42. The second kappa shape index (κ2) is 9.59. The van der Waals surface area contributed by atoms with E-state index in [4.69, 9.17) is 14.2 Å². The Kier molecular flexibility index (Phi) is 6.92. The van der Waals surface area contributed by atoms with Crippen molar-refractivity contribution in [1.82, 2.24) is 9.97 Å². The standard InChI is InChI=1S/C21H30N4O3/c1-14-5-7-17(11-14)27-9-10-28-19-13-16(6-8-18(19)26-4)24-21-23-15(2)12-20(22-3)25-21/h6,8,12-14,17H,5,7,9-11H2,1-4H3,(H2,22,23,24,25). The van der Waals surface area contributed by atoms with E-state index in [0.29, 0.717) is 36.8 Å². The lowest BCUT2D eigenvalue weighted by Crippen LogP contribution is -2.14. The van der Waals surface area contributed by atoms with Crippen LogP contribution in [0.15, 0.2) is 24.3 Å². The van der Waals surface area contributed by atoms with E-state index in [0.717, 1.165) is 36.0 Å². The summed E-state index contributed by atoms with van der Waals surface area (Å²) in [5.41, 5.74) is 1.71. The number of hydrogen-bond donors (Lipinski definition) is 2. The zero-order valence-electron chi connectivity index (χ0n) is 17.1. The van der Waals surface area contributed by atoms with Gasteiger partial charge in [0.25, 0.3) is 0 Å². The fourth-order valence-corrected chi connectivity index (χ4v) is 3.42. The lowest BCUT2D eigenvalue weighted by Gasteiger charge is -2.15. The third kappa shape index (κ3) is 5.48. The molecule has 1 aromatic heterocycles. The maximum absolute atomic E-state index is 5.92. The average molecular weight is 386 g/mol. The second-order valence-electron chi connectivity index (χ2n) is 7.22. The molecule has 2 N–H and O–H groups in total. The Morgan fingerprint density at radius 1 is 1.11 bits per heavy atom. The number of nitrogens with one attached hydrogen (secondary N) is 2. The molecule has 2 aromatic rings. The van der Waals surface area contributed by atoms with Crippen LogP contribution in [-0.2, 0) is 4.74 Å². The highest BCUT2D eigenvalue weighted by Gasteiger charge is 2.21. The van der Waals surface area contributed by atoms with Crippen molar-refractivity contribution in [2.75, 3.05) is 38.0 Å². The van der Waals surface area contributed by atoms with Crippen LogP contribution in [0, 0.1) is 12.8 Å². The number of anilines is 3. The molecule has 0 bridgehead atoms. The Labute approximate surface area is 166 Å². The number of aromatic nitrogens is 2. The van der Waals surface area contributed by atoms with Crippen LogP contribution in [0.4, 0.5) is 17.5 Å². The molecule has 7 heteroatoms. The van der Waals surface area contributed by atoms with Gasteiger partial charge < -0.3 is 24.8 Å². The van der Waals surface area contributed by atoms with Gasteiger partial charge in [-0.05, 0) is 44.2 Å². The van der Waals surface area contributed by atoms with Crippen LogP contribution in [-0.4, -0.2) is 43.4 Å². The number of hydrogen-bond acceptors (Lipinski definition) is 7. The Morgan fingerprint density at radius 3 is 2.68 bits per heavy atom.